The van der Waals surface area contributed by atoms with E-state index in [9.17, 15) is 14.4 Å². The molecule has 39 heavy (non-hydrogen) atoms. The molecule has 1 aromatic rings. The number of likely N-dealkylation sites (tertiary alicyclic amines) is 1. The highest BCUT2D eigenvalue weighted by Gasteiger charge is 2.73. The van der Waals surface area contributed by atoms with Crippen molar-refractivity contribution < 1.29 is 23.9 Å². The molecule has 8 atom stereocenters. The van der Waals surface area contributed by atoms with E-state index in [0.717, 1.165) is 44.9 Å². The van der Waals surface area contributed by atoms with Gasteiger partial charge in [-0.1, -0.05) is 64.2 Å². The average Bonchev–Trinajstić information content (AvgIpc) is 3.58. The number of benzene rings is 1. The average molecular weight is 536 g/mol. The van der Waals surface area contributed by atoms with Crippen LogP contribution in [0.5, 0.6) is 5.75 Å². The first-order valence-electron chi connectivity index (χ1n) is 14.8. The molecule has 2 saturated carbocycles. The Bertz CT molecular complexity index is 1160. The summed E-state index contributed by atoms with van der Waals surface area (Å²) < 4.78 is 11.9. The summed E-state index contributed by atoms with van der Waals surface area (Å²) in [6.45, 7) is 4.44. The number of anilines is 1. The second-order valence-electron chi connectivity index (χ2n) is 12.3. The van der Waals surface area contributed by atoms with Gasteiger partial charge in [0.15, 0.2) is 0 Å². The quantitative estimate of drug-likeness (QED) is 0.536. The Balaban J connectivity index is 1.33. The Kier molecular flexibility index (Phi) is 6.94. The molecule has 2 aliphatic carbocycles. The van der Waals surface area contributed by atoms with Gasteiger partial charge in [0.25, 0.3) is 0 Å². The highest BCUT2D eigenvalue weighted by molar-refractivity contribution is 6.03. The Morgan fingerprint density at radius 1 is 1.05 bits per heavy atom. The number of fused-ring (bicyclic) bond motifs is 1. The summed E-state index contributed by atoms with van der Waals surface area (Å²) in [5.41, 5.74) is -0.527. The van der Waals surface area contributed by atoms with E-state index in [4.69, 9.17) is 9.47 Å². The number of amides is 3. The van der Waals surface area contributed by atoms with E-state index in [-0.39, 0.29) is 35.7 Å². The van der Waals surface area contributed by atoms with Gasteiger partial charge >= 0.3 is 0 Å². The van der Waals surface area contributed by atoms with Gasteiger partial charge in [-0.2, -0.15) is 0 Å². The third-order valence-electron chi connectivity index (χ3n) is 10.2. The fraction of sp³-hybridized carbons (Fsp3) is 0.645. The van der Waals surface area contributed by atoms with Gasteiger partial charge in [-0.05, 0) is 43.2 Å². The van der Waals surface area contributed by atoms with Crippen LogP contribution in [0, 0.1) is 23.7 Å². The Labute approximate surface area is 230 Å². The number of nitrogens with one attached hydrogen (secondary N) is 2. The SMILES string of the molecule is COc1cccc(NC(=O)C2C3C=CC4(O3)C2C(=O)N(C2CCCC(C)C2C)C4C(=O)NC2CCCCC2)c1. The van der Waals surface area contributed by atoms with Crippen molar-refractivity contribution in [1.29, 1.82) is 0 Å². The van der Waals surface area contributed by atoms with Crippen LogP contribution in [0.25, 0.3) is 0 Å². The molecule has 0 radical (unpaired) electrons. The van der Waals surface area contributed by atoms with E-state index in [1.807, 2.05) is 29.2 Å². The predicted molar refractivity (Wildman–Crippen MR) is 147 cm³/mol. The van der Waals surface area contributed by atoms with Gasteiger partial charge in [-0.3, -0.25) is 14.4 Å². The van der Waals surface area contributed by atoms with E-state index in [0.29, 0.717) is 17.4 Å². The van der Waals surface area contributed by atoms with Gasteiger partial charge in [-0.25, -0.2) is 0 Å². The van der Waals surface area contributed by atoms with Gasteiger partial charge < -0.3 is 25.0 Å². The number of carbonyl (C=O) groups is 3. The molecule has 2 N–H and O–H groups in total. The molecule has 8 unspecified atom stereocenters. The van der Waals surface area contributed by atoms with Crippen LogP contribution in [-0.4, -0.2) is 59.6 Å². The lowest BCUT2D eigenvalue weighted by molar-refractivity contribution is -0.146. The molecule has 8 nitrogen and oxygen atoms in total. The molecule has 1 aromatic carbocycles. The zero-order valence-corrected chi connectivity index (χ0v) is 23.2. The van der Waals surface area contributed by atoms with Gasteiger partial charge in [0, 0.05) is 23.8 Å². The van der Waals surface area contributed by atoms with Crippen LogP contribution in [0.4, 0.5) is 5.69 Å². The van der Waals surface area contributed by atoms with Gasteiger partial charge in [0.2, 0.25) is 17.7 Å². The lowest BCUT2D eigenvalue weighted by Crippen LogP contribution is -2.60. The maximum atomic E-state index is 14.4. The molecule has 2 saturated heterocycles. The van der Waals surface area contributed by atoms with Crippen molar-refractivity contribution in [1.82, 2.24) is 10.2 Å². The largest absolute Gasteiger partial charge is 0.497 e. The predicted octanol–water partition coefficient (Wildman–Crippen LogP) is 4.06. The van der Waals surface area contributed by atoms with Crippen LogP contribution < -0.4 is 15.4 Å². The topological polar surface area (TPSA) is 97.0 Å². The summed E-state index contributed by atoms with van der Waals surface area (Å²) in [6.07, 6.45) is 11.6. The van der Waals surface area contributed by atoms with E-state index in [1.54, 1.807) is 19.2 Å². The smallest absolute Gasteiger partial charge is 0.246 e. The molecule has 1 spiro atoms. The zero-order valence-electron chi connectivity index (χ0n) is 23.2. The summed E-state index contributed by atoms with van der Waals surface area (Å²) >= 11 is 0. The summed E-state index contributed by atoms with van der Waals surface area (Å²) in [6, 6.07) is 6.48. The minimum Gasteiger partial charge on any atom is -0.497 e. The van der Waals surface area contributed by atoms with E-state index in [2.05, 4.69) is 24.5 Å². The Morgan fingerprint density at radius 2 is 1.85 bits per heavy atom. The van der Waals surface area contributed by atoms with Crippen LogP contribution >= 0.6 is 0 Å². The summed E-state index contributed by atoms with van der Waals surface area (Å²) in [5.74, 6) is -0.619. The number of hydrogen-bond donors (Lipinski definition) is 2. The maximum absolute atomic E-state index is 14.4. The lowest BCUT2D eigenvalue weighted by atomic mass is 9.74. The van der Waals surface area contributed by atoms with Crippen LogP contribution in [0.2, 0.25) is 0 Å². The highest BCUT2D eigenvalue weighted by atomic mass is 16.5. The van der Waals surface area contributed by atoms with Crippen molar-refractivity contribution in [2.45, 2.75) is 95.0 Å². The molecule has 5 aliphatic rings. The first-order chi connectivity index (χ1) is 18.8. The van der Waals surface area contributed by atoms with E-state index in [1.165, 1.54) is 6.42 Å². The molecule has 0 aromatic heterocycles. The first-order valence-corrected chi connectivity index (χ1v) is 14.8. The third-order valence-corrected chi connectivity index (χ3v) is 10.2. The number of carbonyl (C=O) groups excluding carboxylic acids is 3. The molecule has 4 fully saturated rings. The zero-order chi connectivity index (χ0) is 27.3. The second-order valence-corrected chi connectivity index (χ2v) is 12.3. The third kappa shape index (κ3) is 4.35. The van der Waals surface area contributed by atoms with Crippen molar-refractivity contribution in [3.63, 3.8) is 0 Å². The van der Waals surface area contributed by atoms with Crippen molar-refractivity contribution in [2.24, 2.45) is 23.7 Å². The number of hydrogen-bond acceptors (Lipinski definition) is 5. The summed E-state index contributed by atoms with van der Waals surface area (Å²) in [4.78, 5) is 44.2. The molecule has 3 heterocycles. The van der Waals surface area contributed by atoms with Crippen molar-refractivity contribution in [3.8, 4) is 5.75 Å². The lowest BCUT2D eigenvalue weighted by Gasteiger charge is -2.44. The molecule has 3 amide bonds. The fourth-order valence-corrected chi connectivity index (χ4v) is 7.96. The van der Waals surface area contributed by atoms with Crippen LogP contribution in [0.3, 0.4) is 0 Å². The number of ether oxygens (including phenoxy) is 2. The highest BCUT2D eigenvalue weighted by Crippen LogP contribution is 2.57. The minimum atomic E-state index is -1.13. The Morgan fingerprint density at radius 3 is 2.62 bits per heavy atom. The van der Waals surface area contributed by atoms with Crippen molar-refractivity contribution >= 4 is 23.4 Å². The van der Waals surface area contributed by atoms with Gasteiger partial charge in [-0.15, -0.1) is 0 Å². The van der Waals surface area contributed by atoms with Crippen LogP contribution in [-0.2, 0) is 19.1 Å². The van der Waals surface area contributed by atoms with Crippen LogP contribution in [0.15, 0.2) is 36.4 Å². The van der Waals surface area contributed by atoms with E-state index < -0.39 is 29.6 Å². The number of rotatable bonds is 6. The molecule has 210 valence electrons. The fourth-order valence-electron chi connectivity index (χ4n) is 7.96. The Hall–Kier alpha value is -2.87. The van der Waals surface area contributed by atoms with Crippen molar-refractivity contribution in [2.75, 3.05) is 12.4 Å². The molecule has 3 aliphatic heterocycles. The maximum Gasteiger partial charge on any atom is 0.246 e. The first kappa shape index (κ1) is 26.4. The van der Waals surface area contributed by atoms with Gasteiger partial charge in [0.1, 0.15) is 17.4 Å². The number of methoxy groups -OCH3 is 1. The van der Waals surface area contributed by atoms with E-state index >= 15 is 0 Å². The summed E-state index contributed by atoms with van der Waals surface area (Å²) in [5, 5.41) is 6.29. The molecule has 8 heteroatoms. The number of nitrogens with zero attached hydrogens (tertiary/aromatic N) is 1. The standard InChI is InChI=1S/C31H41N3O5/c1-18-9-7-14-23(19(18)2)34-27(29(36)32-20-10-5-4-6-11-20)31-16-15-24(39-31)25(26(31)30(34)37)28(35)33-21-12-8-13-22(17-21)38-3/h8,12-13,15-20,23-27H,4-7,9-11,14H2,1-3H3,(H,32,36)(H,33,35). The summed E-state index contributed by atoms with van der Waals surface area (Å²) in [7, 11) is 1.58. The normalized spacial score (nSPS) is 37.6. The monoisotopic (exact) mass is 535 g/mol. The van der Waals surface area contributed by atoms with Crippen molar-refractivity contribution in [3.05, 3.63) is 36.4 Å². The minimum absolute atomic E-state index is 0.0542. The molecular formula is C31H41N3O5. The molecular weight excluding hydrogens is 494 g/mol. The van der Waals surface area contributed by atoms with Gasteiger partial charge in [0.05, 0.1) is 25.0 Å². The second kappa shape index (κ2) is 10.3. The molecule has 6 rings (SSSR count). The molecule has 2 bridgehead atoms. The van der Waals surface area contributed by atoms with Crippen LogP contribution in [0.1, 0.15) is 65.2 Å².